The van der Waals surface area contributed by atoms with Crippen molar-refractivity contribution in [3.63, 3.8) is 0 Å². The van der Waals surface area contributed by atoms with Gasteiger partial charge in [-0.2, -0.15) is 12.6 Å². The second-order valence-corrected chi connectivity index (χ2v) is 2.49. The van der Waals surface area contributed by atoms with Crippen molar-refractivity contribution in [3.05, 3.63) is 0 Å². The van der Waals surface area contributed by atoms with Crippen LogP contribution in [0.25, 0.3) is 0 Å². The molecule has 0 aliphatic rings. The second-order valence-electron chi connectivity index (χ2n) is 2.05. The molecule has 3 nitrogen and oxygen atoms in total. The van der Waals surface area contributed by atoms with Gasteiger partial charge in [0.05, 0.1) is 6.42 Å². The van der Waals surface area contributed by atoms with Crippen LogP contribution in [0.3, 0.4) is 0 Å². The maximum Gasteiger partial charge on any atom is 0.307 e. The number of thiol groups is 1. The van der Waals surface area contributed by atoms with Crippen molar-refractivity contribution in [1.82, 2.24) is 5.32 Å². The van der Waals surface area contributed by atoms with Crippen molar-refractivity contribution in [1.29, 1.82) is 0 Å². The minimum Gasteiger partial charge on any atom is -0.465 e. The Bertz CT molecular complexity index is 109. The van der Waals surface area contributed by atoms with E-state index in [9.17, 15) is 4.79 Å². The molecule has 0 atom stereocenters. The second kappa shape index (κ2) is 7.88. The molecule has 0 unspecified atom stereocenters. The lowest BCUT2D eigenvalue weighted by molar-refractivity contribution is -0.142. The first-order valence-electron chi connectivity index (χ1n) is 3.78. The lowest BCUT2D eigenvalue weighted by Gasteiger charge is -2.02. The molecule has 0 spiro atoms. The van der Waals surface area contributed by atoms with E-state index in [-0.39, 0.29) is 5.97 Å². The van der Waals surface area contributed by atoms with Gasteiger partial charge in [-0.05, 0) is 6.54 Å². The summed E-state index contributed by atoms with van der Waals surface area (Å²) in [6.45, 7) is 3.99. The van der Waals surface area contributed by atoms with Crippen molar-refractivity contribution in [2.24, 2.45) is 0 Å². The number of hydrogen-bond donors (Lipinski definition) is 2. The fraction of sp³-hybridized carbons (Fsp3) is 0.857. The van der Waals surface area contributed by atoms with E-state index in [4.69, 9.17) is 4.74 Å². The largest absolute Gasteiger partial charge is 0.465 e. The molecular weight excluding hydrogens is 162 g/mol. The topological polar surface area (TPSA) is 38.3 Å². The standard InChI is InChI=1S/C7H15NO2S/c1-2-8-4-3-7(9)10-5-6-11/h8,11H,2-6H2,1H3. The van der Waals surface area contributed by atoms with Crippen LogP contribution in [-0.4, -0.2) is 31.4 Å². The SMILES string of the molecule is CCNCCC(=O)OCCS. The quantitative estimate of drug-likeness (QED) is 0.352. The highest BCUT2D eigenvalue weighted by molar-refractivity contribution is 7.80. The maximum absolute atomic E-state index is 10.8. The van der Waals surface area contributed by atoms with E-state index < -0.39 is 0 Å². The van der Waals surface area contributed by atoms with E-state index in [1.54, 1.807) is 0 Å². The van der Waals surface area contributed by atoms with E-state index >= 15 is 0 Å². The van der Waals surface area contributed by atoms with Gasteiger partial charge in [-0.3, -0.25) is 4.79 Å². The summed E-state index contributed by atoms with van der Waals surface area (Å²) in [7, 11) is 0. The molecule has 0 heterocycles. The van der Waals surface area contributed by atoms with E-state index in [0.29, 0.717) is 25.3 Å². The smallest absolute Gasteiger partial charge is 0.307 e. The summed E-state index contributed by atoms with van der Waals surface area (Å²) >= 11 is 3.91. The van der Waals surface area contributed by atoms with Crippen molar-refractivity contribution >= 4 is 18.6 Å². The molecule has 66 valence electrons. The Morgan fingerprint density at radius 2 is 2.36 bits per heavy atom. The van der Waals surface area contributed by atoms with Gasteiger partial charge >= 0.3 is 5.97 Å². The highest BCUT2D eigenvalue weighted by atomic mass is 32.1. The summed E-state index contributed by atoms with van der Waals surface area (Å²) in [5.41, 5.74) is 0. The Balaban J connectivity index is 3.09. The molecule has 0 aromatic heterocycles. The number of carbonyl (C=O) groups is 1. The Morgan fingerprint density at radius 1 is 1.64 bits per heavy atom. The van der Waals surface area contributed by atoms with Crippen LogP contribution in [0.2, 0.25) is 0 Å². The molecule has 0 bridgehead atoms. The van der Waals surface area contributed by atoms with Crippen molar-refractivity contribution in [3.8, 4) is 0 Å². The van der Waals surface area contributed by atoms with E-state index in [1.165, 1.54) is 0 Å². The first-order valence-corrected chi connectivity index (χ1v) is 4.41. The third kappa shape index (κ3) is 7.68. The average Bonchev–Trinajstić information content (AvgIpc) is 2.01. The predicted molar refractivity (Wildman–Crippen MR) is 48.0 cm³/mol. The Labute approximate surface area is 72.9 Å². The fourth-order valence-corrected chi connectivity index (χ4v) is 0.690. The van der Waals surface area contributed by atoms with Gasteiger partial charge in [-0.25, -0.2) is 0 Å². The first kappa shape index (κ1) is 10.8. The molecule has 0 radical (unpaired) electrons. The van der Waals surface area contributed by atoms with Crippen LogP contribution in [0.15, 0.2) is 0 Å². The summed E-state index contributed by atoms with van der Waals surface area (Å²) in [5, 5.41) is 3.04. The molecule has 0 amide bonds. The van der Waals surface area contributed by atoms with E-state index in [2.05, 4.69) is 17.9 Å². The first-order chi connectivity index (χ1) is 5.31. The molecule has 0 saturated heterocycles. The number of hydrogen-bond acceptors (Lipinski definition) is 4. The molecule has 1 N–H and O–H groups in total. The monoisotopic (exact) mass is 177 g/mol. The zero-order chi connectivity index (χ0) is 8.53. The normalized spacial score (nSPS) is 9.64. The summed E-state index contributed by atoms with van der Waals surface area (Å²) in [4.78, 5) is 10.8. The third-order valence-electron chi connectivity index (χ3n) is 1.11. The van der Waals surface area contributed by atoms with Gasteiger partial charge in [0.1, 0.15) is 6.61 Å². The van der Waals surface area contributed by atoms with Crippen LogP contribution >= 0.6 is 12.6 Å². The lowest BCUT2D eigenvalue weighted by atomic mass is 10.4. The summed E-state index contributed by atoms with van der Waals surface area (Å²) in [6.07, 6.45) is 0.446. The molecular formula is C7H15NO2S. The van der Waals surface area contributed by atoms with Crippen LogP contribution in [0.1, 0.15) is 13.3 Å². The molecule has 0 aromatic carbocycles. The van der Waals surface area contributed by atoms with E-state index in [1.807, 2.05) is 6.92 Å². The summed E-state index contributed by atoms with van der Waals surface area (Å²) in [5.74, 6) is 0.437. The summed E-state index contributed by atoms with van der Waals surface area (Å²) < 4.78 is 4.78. The van der Waals surface area contributed by atoms with Gasteiger partial charge in [-0.1, -0.05) is 6.92 Å². The van der Waals surface area contributed by atoms with Crippen LogP contribution in [0.5, 0.6) is 0 Å². The van der Waals surface area contributed by atoms with Crippen LogP contribution in [-0.2, 0) is 9.53 Å². The van der Waals surface area contributed by atoms with Gasteiger partial charge in [0.25, 0.3) is 0 Å². The molecule has 0 aromatic rings. The Hall–Kier alpha value is -0.220. The number of ether oxygens (including phenoxy) is 1. The zero-order valence-corrected chi connectivity index (χ0v) is 7.69. The van der Waals surface area contributed by atoms with Crippen LogP contribution < -0.4 is 5.32 Å². The highest BCUT2D eigenvalue weighted by Crippen LogP contribution is 1.85. The predicted octanol–water partition coefficient (Wildman–Crippen LogP) is 0.459. The van der Waals surface area contributed by atoms with Gasteiger partial charge in [-0.15, -0.1) is 0 Å². The van der Waals surface area contributed by atoms with Gasteiger partial charge in [0.2, 0.25) is 0 Å². The number of esters is 1. The van der Waals surface area contributed by atoms with Gasteiger partial charge in [0, 0.05) is 12.3 Å². The van der Waals surface area contributed by atoms with E-state index in [0.717, 1.165) is 6.54 Å². The molecule has 0 aliphatic carbocycles. The van der Waals surface area contributed by atoms with Crippen LogP contribution in [0, 0.1) is 0 Å². The molecule has 0 fully saturated rings. The Kier molecular flexibility index (Phi) is 7.72. The molecule has 0 rings (SSSR count). The molecule has 11 heavy (non-hydrogen) atoms. The minimum atomic E-state index is -0.153. The molecule has 0 aliphatic heterocycles. The average molecular weight is 177 g/mol. The highest BCUT2D eigenvalue weighted by Gasteiger charge is 1.99. The number of nitrogens with one attached hydrogen (secondary N) is 1. The van der Waals surface area contributed by atoms with Crippen molar-refractivity contribution in [2.45, 2.75) is 13.3 Å². The lowest BCUT2D eigenvalue weighted by Crippen LogP contribution is -2.19. The zero-order valence-electron chi connectivity index (χ0n) is 6.80. The Morgan fingerprint density at radius 3 is 2.91 bits per heavy atom. The van der Waals surface area contributed by atoms with Crippen molar-refractivity contribution < 1.29 is 9.53 Å². The van der Waals surface area contributed by atoms with Gasteiger partial charge < -0.3 is 10.1 Å². The van der Waals surface area contributed by atoms with Crippen molar-refractivity contribution in [2.75, 3.05) is 25.4 Å². The minimum absolute atomic E-state index is 0.153. The molecule has 4 heteroatoms. The number of rotatable bonds is 6. The maximum atomic E-state index is 10.8. The number of carbonyl (C=O) groups excluding carboxylic acids is 1. The fourth-order valence-electron chi connectivity index (χ4n) is 0.599. The molecule has 0 saturated carbocycles. The van der Waals surface area contributed by atoms with Gasteiger partial charge in [0.15, 0.2) is 0 Å². The summed E-state index contributed by atoms with van der Waals surface area (Å²) in [6, 6.07) is 0. The third-order valence-corrected chi connectivity index (χ3v) is 1.29. The van der Waals surface area contributed by atoms with Crippen LogP contribution in [0.4, 0.5) is 0 Å².